The van der Waals surface area contributed by atoms with E-state index in [0.29, 0.717) is 23.8 Å². The van der Waals surface area contributed by atoms with E-state index in [1.165, 1.54) is 0 Å². The Balaban J connectivity index is 1.28. The number of amides is 2. The summed E-state index contributed by atoms with van der Waals surface area (Å²) in [5, 5.41) is 2.88. The largest absolute Gasteiger partial charge is 0.379 e. The number of rotatable bonds is 5. The Hall–Kier alpha value is -1.96. The van der Waals surface area contributed by atoms with Crippen molar-refractivity contribution in [1.82, 2.24) is 9.80 Å². The number of carbonyl (C=O) groups is 2. The van der Waals surface area contributed by atoms with E-state index < -0.39 is 0 Å². The molecule has 0 radical (unpaired) electrons. The number of anilines is 1. The van der Waals surface area contributed by atoms with E-state index in [1.54, 1.807) is 6.07 Å². The number of piperidine rings is 1. The Bertz CT molecular complexity index is 706. The van der Waals surface area contributed by atoms with Crippen molar-refractivity contribution in [3.63, 3.8) is 0 Å². The van der Waals surface area contributed by atoms with Crippen LogP contribution < -0.4 is 5.32 Å². The second kappa shape index (κ2) is 9.69. The molecular formula is C22H31N3O4. The van der Waals surface area contributed by atoms with Crippen LogP contribution in [-0.4, -0.2) is 80.3 Å². The van der Waals surface area contributed by atoms with Gasteiger partial charge in [-0.05, 0) is 49.8 Å². The quantitative estimate of drug-likeness (QED) is 0.817. The Morgan fingerprint density at radius 3 is 2.55 bits per heavy atom. The summed E-state index contributed by atoms with van der Waals surface area (Å²) in [4.78, 5) is 29.6. The first-order valence-corrected chi connectivity index (χ1v) is 10.8. The maximum atomic E-state index is 13.0. The zero-order valence-electron chi connectivity index (χ0n) is 17.0. The molecule has 0 aliphatic carbocycles. The number of nitrogens with zero attached hydrogens (tertiary/aromatic N) is 2. The lowest BCUT2D eigenvalue weighted by atomic mass is 9.95. The lowest BCUT2D eigenvalue weighted by Crippen LogP contribution is -2.44. The van der Waals surface area contributed by atoms with Crippen LogP contribution in [0.25, 0.3) is 0 Å². The van der Waals surface area contributed by atoms with Crippen LogP contribution in [0.2, 0.25) is 0 Å². The molecule has 0 spiro atoms. The highest BCUT2D eigenvalue weighted by Crippen LogP contribution is 2.22. The summed E-state index contributed by atoms with van der Waals surface area (Å²) < 4.78 is 10.8. The second-order valence-electron chi connectivity index (χ2n) is 8.22. The molecule has 4 rings (SSSR count). The van der Waals surface area contributed by atoms with Gasteiger partial charge in [0.05, 0.1) is 13.2 Å². The highest BCUT2D eigenvalue weighted by molar-refractivity contribution is 5.98. The number of benzene rings is 1. The van der Waals surface area contributed by atoms with Gasteiger partial charge in [-0.15, -0.1) is 0 Å². The topological polar surface area (TPSA) is 71.1 Å². The summed E-state index contributed by atoms with van der Waals surface area (Å²) in [6.45, 7) is 7.02. The number of carbonyl (C=O) groups excluding carboxylic acids is 2. The highest BCUT2D eigenvalue weighted by atomic mass is 16.5. The average Bonchev–Trinajstić information content (AvgIpc) is 3.30. The van der Waals surface area contributed by atoms with Gasteiger partial charge in [0.2, 0.25) is 0 Å². The number of hydrogen-bond donors (Lipinski definition) is 1. The Labute approximate surface area is 172 Å². The van der Waals surface area contributed by atoms with Gasteiger partial charge < -0.3 is 19.7 Å². The fourth-order valence-electron chi connectivity index (χ4n) is 4.39. The molecule has 3 aliphatic heterocycles. The van der Waals surface area contributed by atoms with Gasteiger partial charge in [0, 0.05) is 50.6 Å². The van der Waals surface area contributed by atoms with Crippen LogP contribution in [0.5, 0.6) is 0 Å². The van der Waals surface area contributed by atoms with Crippen LogP contribution in [0, 0.1) is 5.92 Å². The summed E-state index contributed by atoms with van der Waals surface area (Å²) in [5.41, 5.74) is 1.28. The van der Waals surface area contributed by atoms with Crippen molar-refractivity contribution in [2.75, 3.05) is 57.9 Å². The van der Waals surface area contributed by atoms with Crippen LogP contribution in [0.1, 0.15) is 36.0 Å². The fourth-order valence-corrected chi connectivity index (χ4v) is 4.39. The van der Waals surface area contributed by atoms with Crippen molar-refractivity contribution in [1.29, 1.82) is 0 Å². The molecule has 7 nitrogen and oxygen atoms in total. The zero-order chi connectivity index (χ0) is 20.1. The number of likely N-dealkylation sites (tertiary alicyclic amines) is 1. The molecule has 7 heteroatoms. The normalized spacial score (nSPS) is 23.9. The smallest absolute Gasteiger partial charge is 0.253 e. The predicted molar refractivity (Wildman–Crippen MR) is 110 cm³/mol. The minimum atomic E-state index is -0.375. The second-order valence-corrected chi connectivity index (χ2v) is 8.22. The maximum Gasteiger partial charge on any atom is 0.253 e. The molecule has 0 bridgehead atoms. The number of hydrogen-bond acceptors (Lipinski definition) is 5. The summed E-state index contributed by atoms with van der Waals surface area (Å²) in [5.74, 6) is 0.563. The van der Waals surface area contributed by atoms with Gasteiger partial charge in [-0.1, -0.05) is 6.07 Å². The van der Waals surface area contributed by atoms with Crippen molar-refractivity contribution >= 4 is 17.5 Å². The third-order valence-corrected chi connectivity index (χ3v) is 6.12. The van der Waals surface area contributed by atoms with Crippen LogP contribution in [-0.2, 0) is 14.3 Å². The average molecular weight is 402 g/mol. The summed E-state index contributed by atoms with van der Waals surface area (Å²) >= 11 is 0. The van der Waals surface area contributed by atoms with E-state index in [-0.39, 0.29) is 17.9 Å². The summed E-state index contributed by atoms with van der Waals surface area (Å²) in [6, 6.07) is 7.24. The molecule has 29 heavy (non-hydrogen) atoms. The molecule has 3 saturated heterocycles. The molecule has 1 atom stereocenters. The zero-order valence-corrected chi connectivity index (χ0v) is 17.0. The van der Waals surface area contributed by atoms with E-state index in [9.17, 15) is 9.59 Å². The molecule has 1 N–H and O–H groups in total. The molecule has 158 valence electrons. The molecule has 1 aromatic rings. The first kappa shape index (κ1) is 20.3. The van der Waals surface area contributed by atoms with E-state index >= 15 is 0 Å². The Kier molecular flexibility index (Phi) is 6.79. The lowest BCUT2D eigenvalue weighted by molar-refractivity contribution is -0.124. The molecular weight excluding hydrogens is 370 g/mol. The van der Waals surface area contributed by atoms with Crippen molar-refractivity contribution in [2.24, 2.45) is 5.92 Å². The van der Waals surface area contributed by atoms with Crippen molar-refractivity contribution < 1.29 is 19.1 Å². The lowest BCUT2D eigenvalue weighted by Gasteiger charge is -2.36. The van der Waals surface area contributed by atoms with Crippen LogP contribution >= 0.6 is 0 Å². The van der Waals surface area contributed by atoms with Crippen LogP contribution in [0.15, 0.2) is 24.3 Å². The van der Waals surface area contributed by atoms with Gasteiger partial charge in [0.1, 0.15) is 6.10 Å². The standard InChI is InChI=1S/C22H31N3O4/c26-21(20-5-2-12-29-20)23-19-4-1-3-18(15-19)22(27)25-8-6-17(7-9-25)16-24-10-13-28-14-11-24/h1,3-4,15,17,20H,2,5-14,16H2,(H,23,26). The molecule has 0 aromatic heterocycles. The molecule has 1 aromatic carbocycles. The van der Waals surface area contributed by atoms with E-state index in [2.05, 4.69) is 10.2 Å². The van der Waals surface area contributed by atoms with E-state index in [0.717, 1.165) is 71.6 Å². The highest BCUT2D eigenvalue weighted by Gasteiger charge is 2.26. The minimum absolute atomic E-state index is 0.0445. The van der Waals surface area contributed by atoms with E-state index in [1.807, 2.05) is 23.1 Å². The van der Waals surface area contributed by atoms with Crippen molar-refractivity contribution in [3.8, 4) is 0 Å². The predicted octanol–water partition coefficient (Wildman–Crippen LogP) is 1.99. The van der Waals surface area contributed by atoms with Gasteiger partial charge in [-0.2, -0.15) is 0 Å². The third kappa shape index (κ3) is 5.35. The Morgan fingerprint density at radius 2 is 1.83 bits per heavy atom. The van der Waals surface area contributed by atoms with Gasteiger partial charge in [0.15, 0.2) is 0 Å². The van der Waals surface area contributed by atoms with Gasteiger partial charge in [0.25, 0.3) is 11.8 Å². The fraction of sp³-hybridized carbons (Fsp3) is 0.636. The SMILES string of the molecule is O=C(Nc1cccc(C(=O)N2CCC(CN3CCOCC3)CC2)c1)C1CCCO1. The minimum Gasteiger partial charge on any atom is -0.379 e. The van der Waals surface area contributed by atoms with Crippen LogP contribution in [0.4, 0.5) is 5.69 Å². The Morgan fingerprint density at radius 1 is 1.03 bits per heavy atom. The first-order chi connectivity index (χ1) is 14.2. The van der Waals surface area contributed by atoms with Crippen LogP contribution in [0.3, 0.4) is 0 Å². The number of ether oxygens (including phenoxy) is 2. The van der Waals surface area contributed by atoms with Gasteiger partial charge >= 0.3 is 0 Å². The van der Waals surface area contributed by atoms with Gasteiger partial charge in [-0.25, -0.2) is 0 Å². The molecule has 0 saturated carbocycles. The molecule has 2 amide bonds. The van der Waals surface area contributed by atoms with Gasteiger partial charge in [-0.3, -0.25) is 14.5 Å². The van der Waals surface area contributed by atoms with E-state index in [4.69, 9.17) is 9.47 Å². The summed E-state index contributed by atoms with van der Waals surface area (Å²) in [6.07, 6.45) is 3.37. The molecule has 1 unspecified atom stereocenters. The monoisotopic (exact) mass is 401 g/mol. The molecule has 3 aliphatic rings. The number of nitrogens with one attached hydrogen (secondary N) is 1. The molecule has 3 fully saturated rings. The first-order valence-electron chi connectivity index (χ1n) is 10.8. The van der Waals surface area contributed by atoms with Crippen molar-refractivity contribution in [3.05, 3.63) is 29.8 Å². The number of morpholine rings is 1. The molecule has 3 heterocycles. The maximum absolute atomic E-state index is 13.0. The summed E-state index contributed by atoms with van der Waals surface area (Å²) in [7, 11) is 0. The third-order valence-electron chi connectivity index (χ3n) is 6.12. The van der Waals surface area contributed by atoms with Crippen molar-refractivity contribution in [2.45, 2.75) is 31.8 Å².